The van der Waals surface area contributed by atoms with Crippen LogP contribution in [0.15, 0.2) is 47.6 Å². The quantitative estimate of drug-likeness (QED) is 0.518. The number of aromatic nitrogens is 3. The molecule has 0 saturated heterocycles. The fourth-order valence-electron chi connectivity index (χ4n) is 2.83. The molecule has 0 atom stereocenters. The normalized spacial score (nSPS) is 10.4. The average Bonchev–Trinajstić information content (AvgIpc) is 3.15. The molecule has 2 aromatic carbocycles. The minimum atomic E-state index is -0.282. The topological polar surface area (TPSA) is 113 Å². The smallest absolute Gasteiger partial charge is 0.234 e. The van der Waals surface area contributed by atoms with E-state index in [1.54, 1.807) is 30.3 Å². The van der Waals surface area contributed by atoms with Gasteiger partial charge >= 0.3 is 0 Å². The van der Waals surface area contributed by atoms with Gasteiger partial charge in [0, 0.05) is 29.7 Å². The number of thioether (sulfide) groups is 1. The highest BCUT2D eigenvalue weighted by atomic mass is 35.5. The number of amides is 2. The molecule has 0 spiro atoms. The first-order chi connectivity index (χ1) is 14.9. The monoisotopic (exact) mass is 454 g/mol. The third-order valence-electron chi connectivity index (χ3n) is 4.21. The van der Waals surface area contributed by atoms with Gasteiger partial charge in [-0.1, -0.05) is 23.4 Å². The van der Waals surface area contributed by atoms with Crippen LogP contribution < -0.4 is 10.6 Å². The summed E-state index contributed by atoms with van der Waals surface area (Å²) in [6, 6.07) is 14.0. The second-order valence-electron chi connectivity index (χ2n) is 6.45. The Labute approximate surface area is 188 Å². The SMILES string of the molecule is CCn1c(SCC(=O)Nc2cc(Cl)ccc2C#N)nnc1-c1ccc(NC(C)=O)cc1. The first kappa shape index (κ1) is 22.3. The molecule has 31 heavy (non-hydrogen) atoms. The molecule has 2 amide bonds. The lowest BCUT2D eigenvalue weighted by atomic mass is 10.2. The van der Waals surface area contributed by atoms with Crippen LogP contribution in [0.2, 0.25) is 5.02 Å². The van der Waals surface area contributed by atoms with E-state index >= 15 is 0 Å². The molecule has 0 saturated carbocycles. The number of hydrogen-bond donors (Lipinski definition) is 2. The third kappa shape index (κ3) is 5.63. The third-order valence-corrected chi connectivity index (χ3v) is 5.41. The van der Waals surface area contributed by atoms with Gasteiger partial charge in [-0.15, -0.1) is 10.2 Å². The van der Waals surface area contributed by atoms with Gasteiger partial charge in [0.25, 0.3) is 0 Å². The molecular weight excluding hydrogens is 436 g/mol. The van der Waals surface area contributed by atoms with Crippen molar-refractivity contribution in [1.29, 1.82) is 5.26 Å². The molecule has 0 bridgehead atoms. The largest absolute Gasteiger partial charge is 0.326 e. The van der Waals surface area contributed by atoms with Gasteiger partial charge in [0.2, 0.25) is 11.8 Å². The minimum absolute atomic E-state index is 0.0942. The lowest BCUT2D eigenvalue weighted by Gasteiger charge is -2.09. The highest BCUT2D eigenvalue weighted by Gasteiger charge is 2.15. The van der Waals surface area contributed by atoms with E-state index in [0.29, 0.717) is 39.5 Å². The van der Waals surface area contributed by atoms with E-state index < -0.39 is 0 Å². The van der Waals surface area contributed by atoms with E-state index in [4.69, 9.17) is 11.6 Å². The average molecular weight is 455 g/mol. The van der Waals surface area contributed by atoms with Gasteiger partial charge in [-0.3, -0.25) is 9.59 Å². The van der Waals surface area contributed by atoms with Gasteiger partial charge in [-0.25, -0.2) is 0 Å². The number of anilines is 2. The standard InChI is InChI=1S/C21H19ClN6O2S/c1-3-28-20(14-5-8-17(9-6-14)24-13(2)29)26-27-21(28)31-12-19(30)25-18-10-16(22)7-4-15(18)11-23/h4-10H,3,12H2,1-2H3,(H,24,29)(H,25,30). The maximum Gasteiger partial charge on any atom is 0.234 e. The Morgan fingerprint density at radius 2 is 1.90 bits per heavy atom. The number of hydrogen-bond acceptors (Lipinski definition) is 6. The van der Waals surface area contributed by atoms with E-state index in [-0.39, 0.29) is 17.6 Å². The Kier molecular flexibility index (Phi) is 7.28. The van der Waals surface area contributed by atoms with Crippen molar-refractivity contribution >= 4 is 46.6 Å². The second kappa shape index (κ2) is 10.1. The van der Waals surface area contributed by atoms with Crippen molar-refractivity contribution < 1.29 is 9.59 Å². The number of benzene rings is 2. The van der Waals surface area contributed by atoms with E-state index in [1.807, 2.05) is 29.7 Å². The zero-order valence-corrected chi connectivity index (χ0v) is 18.4. The number of nitrogens with zero attached hydrogens (tertiary/aromatic N) is 4. The van der Waals surface area contributed by atoms with Gasteiger partial charge in [-0.2, -0.15) is 5.26 Å². The van der Waals surface area contributed by atoms with Crippen molar-refractivity contribution in [2.45, 2.75) is 25.5 Å². The van der Waals surface area contributed by atoms with Crippen LogP contribution in [-0.2, 0) is 16.1 Å². The van der Waals surface area contributed by atoms with Crippen LogP contribution >= 0.6 is 23.4 Å². The van der Waals surface area contributed by atoms with Crippen LogP contribution in [0.3, 0.4) is 0 Å². The van der Waals surface area contributed by atoms with Crippen molar-refractivity contribution in [3.05, 3.63) is 53.1 Å². The first-order valence-electron chi connectivity index (χ1n) is 9.34. The molecule has 0 aliphatic carbocycles. The van der Waals surface area contributed by atoms with Gasteiger partial charge in [0.05, 0.1) is 17.0 Å². The molecule has 1 aromatic heterocycles. The van der Waals surface area contributed by atoms with E-state index in [9.17, 15) is 14.9 Å². The molecule has 8 nitrogen and oxygen atoms in total. The van der Waals surface area contributed by atoms with Crippen molar-refractivity contribution in [1.82, 2.24) is 14.8 Å². The van der Waals surface area contributed by atoms with Crippen molar-refractivity contribution in [2.75, 3.05) is 16.4 Å². The van der Waals surface area contributed by atoms with Crippen LogP contribution in [0.25, 0.3) is 11.4 Å². The molecule has 10 heteroatoms. The number of nitrogens with one attached hydrogen (secondary N) is 2. The Balaban J connectivity index is 1.70. The summed E-state index contributed by atoms with van der Waals surface area (Å²) in [5.74, 6) is 0.342. The summed E-state index contributed by atoms with van der Waals surface area (Å²) in [6.07, 6.45) is 0. The molecule has 0 aliphatic heterocycles. The molecule has 0 unspecified atom stereocenters. The van der Waals surface area contributed by atoms with E-state index in [1.165, 1.54) is 18.7 Å². The summed E-state index contributed by atoms with van der Waals surface area (Å²) in [6.45, 7) is 4.04. The van der Waals surface area contributed by atoms with E-state index in [0.717, 1.165) is 5.56 Å². The summed E-state index contributed by atoms with van der Waals surface area (Å²) in [5.41, 5.74) is 2.25. The summed E-state index contributed by atoms with van der Waals surface area (Å²) < 4.78 is 1.91. The van der Waals surface area contributed by atoms with Gasteiger partial charge in [-0.05, 0) is 49.4 Å². The van der Waals surface area contributed by atoms with Crippen LogP contribution in [0.1, 0.15) is 19.4 Å². The van der Waals surface area contributed by atoms with Crippen LogP contribution in [-0.4, -0.2) is 32.3 Å². The zero-order valence-electron chi connectivity index (χ0n) is 16.8. The predicted molar refractivity (Wildman–Crippen MR) is 121 cm³/mol. The number of rotatable bonds is 7. The fourth-order valence-corrected chi connectivity index (χ4v) is 3.81. The molecule has 3 rings (SSSR count). The molecule has 1 heterocycles. The van der Waals surface area contributed by atoms with Crippen molar-refractivity contribution in [3.63, 3.8) is 0 Å². The lowest BCUT2D eigenvalue weighted by molar-refractivity contribution is -0.114. The van der Waals surface area contributed by atoms with Crippen LogP contribution in [0.5, 0.6) is 0 Å². The summed E-state index contributed by atoms with van der Waals surface area (Å²) >= 11 is 7.21. The lowest BCUT2D eigenvalue weighted by Crippen LogP contribution is -2.15. The maximum atomic E-state index is 12.4. The van der Waals surface area contributed by atoms with Crippen LogP contribution in [0.4, 0.5) is 11.4 Å². The number of halogens is 1. The molecule has 0 fully saturated rings. The maximum absolute atomic E-state index is 12.4. The highest BCUT2D eigenvalue weighted by molar-refractivity contribution is 7.99. The van der Waals surface area contributed by atoms with Crippen molar-refractivity contribution in [2.24, 2.45) is 0 Å². The Hall–Kier alpha value is -3.35. The molecule has 2 N–H and O–H groups in total. The summed E-state index contributed by atoms with van der Waals surface area (Å²) in [5, 5.41) is 24.1. The van der Waals surface area contributed by atoms with Gasteiger partial charge < -0.3 is 15.2 Å². The molecule has 3 aromatic rings. The highest BCUT2D eigenvalue weighted by Crippen LogP contribution is 2.26. The fraction of sp³-hybridized carbons (Fsp3) is 0.190. The number of carbonyl (C=O) groups excluding carboxylic acids is 2. The van der Waals surface area contributed by atoms with Gasteiger partial charge in [0.1, 0.15) is 6.07 Å². The van der Waals surface area contributed by atoms with Crippen molar-refractivity contribution in [3.8, 4) is 17.5 Å². The molecule has 0 aliphatic rings. The summed E-state index contributed by atoms with van der Waals surface area (Å²) in [4.78, 5) is 23.6. The van der Waals surface area contributed by atoms with Gasteiger partial charge in [0.15, 0.2) is 11.0 Å². The predicted octanol–water partition coefficient (Wildman–Crippen LogP) is 4.18. The second-order valence-corrected chi connectivity index (χ2v) is 7.83. The number of nitriles is 1. The minimum Gasteiger partial charge on any atom is -0.326 e. The molecule has 0 radical (unpaired) electrons. The molecular formula is C21H19ClN6O2S. The Bertz CT molecular complexity index is 1150. The zero-order chi connectivity index (χ0) is 22.4. The van der Waals surface area contributed by atoms with Crippen LogP contribution in [0, 0.1) is 11.3 Å². The number of carbonyl (C=O) groups is 2. The Morgan fingerprint density at radius 3 is 2.55 bits per heavy atom. The summed E-state index contributed by atoms with van der Waals surface area (Å²) in [7, 11) is 0. The first-order valence-corrected chi connectivity index (χ1v) is 10.7. The Morgan fingerprint density at radius 1 is 1.16 bits per heavy atom. The molecule has 158 valence electrons. The van der Waals surface area contributed by atoms with E-state index in [2.05, 4.69) is 20.8 Å².